The molecule has 7 nitrogen and oxygen atoms in total. The lowest BCUT2D eigenvalue weighted by Gasteiger charge is -2.26. The highest BCUT2D eigenvalue weighted by molar-refractivity contribution is 7.17. The molecular formula is C20H18F2N6OS. The molecule has 30 heavy (non-hydrogen) atoms. The van der Waals surface area contributed by atoms with Crippen LogP contribution in [0.2, 0.25) is 0 Å². The number of rotatable bonds is 3. The molecule has 2 aliphatic heterocycles. The van der Waals surface area contributed by atoms with E-state index in [0.29, 0.717) is 58.8 Å². The first-order valence-electron chi connectivity index (χ1n) is 9.58. The minimum atomic E-state index is -0.912. The summed E-state index contributed by atoms with van der Waals surface area (Å²) in [6, 6.07) is 6.64. The number of thiazole rings is 1. The number of carbonyl (C=O) groups is 1. The maximum absolute atomic E-state index is 14.8. The zero-order valence-electron chi connectivity index (χ0n) is 15.9. The number of fused-ring (bicyclic) bond motifs is 1. The standard InChI is InChI=1S/C20H18F2N6OS/c21-11-4-7-27(10-11)16-2-1-13(18(22)26-16)19-25-14-5-8-28(20(29)17(14)30-19)12-3-6-24-15(23)9-12/h1-3,6,9,11H,4-5,7-8,10H2,(H2,23,24). The van der Waals surface area contributed by atoms with Crippen molar-refractivity contribution in [3.8, 4) is 10.6 Å². The van der Waals surface area contributed by atoms with E-state index in [1.54, 1.807) is 40.3 Å². The summed E-state index contributed by atoms with van der Waals surface area (Å²) in [4.78, 5) is 29.3. The van der Waals surface area contributed by atoms with Gasteiger partial charge in [-0.25, -0.2) is 19.3 Å². The zero-order valence-corrected chi connectivity index (χ0v) is 16.7. The van der Waals surface area contributed by atoms with Crippen molar-refractivity contribution >= 4 is 34.6 Å². The molecule has 5 rings (SSSR count). The monoisotopic (exact) mass is 428 g/mol. The van der Waals surface area contributed by atoms with Crippen molar-refractivity contribution < 1.29 is 13.6 Å². The van der Waals surface area contributed by atoms with Gasteiger partial charge in [-0.1, -0.05) is 0 Å². The normalized spacial score (nSPS) is 18.7. The van der Waals surface area contributed by atoms with Gasteiger partial charge < -0.3 is 15.5 Å². The van der Waals surface area contributed by atoms with Gasteiger partial charge in [-0.15, -0.1) is 11.3 Å². The van der Waals surface area contributed by atoms with Crippen LogP contribution in [0.15, 0.2) is 30.5 Å². The fourth-order valence-corrected chi connectivity index (χ4v) is 4.86. The van der Waals surface area contributed by atoms with Gasteiger partial charge in [0.25, 0.3) is 5.91 Å². The zero-order chi connectivity index (χ0) is 20.8. The summed E-state index contributed by atoms with van der Waals surface area (Å²) in [5.74, 6) is -0.120. The van der Waals surface area contributed by atoms with E-state index in [1.165, 1.54) is 0 Å². The lowest BCUT2D eigenvalue weighted by Crippen LogP contribution is -2.37. The number of anilines is 3. The fourth-order valence-electron chi connectivity index (χ4n) is 3.78. The molecule has 0 aliphatic carbocycles. The van der Waals surface area contributed by atoms with E-state index >= 15 is 0 Å². The van der Waals surface area contributed by atoms with E-state index in [2.05, 4.69) is 15.0 Å². The van der Waals surface area contributed by atoms with Crippen molar-refractivity contribution in [1.29, 1.82) is 0 Å². The Kier molecular flexibility index (Phi) is 4.58. The van der Waals surface area contributed by atoms with E-state index in [0.717, 1.165) is 11.3 Å². The van der Waals surface area contributed by atoms with Crippen molar-refractivity contribution in [1.82, 2.24) is 15.0 Å². The van der Waals surface area contributed by atoms with Gasteiger partial charge in [0.2, 0.25) is 5.95 Å². The SMILES string of the molecule is Nc1cc(N2CCc3nc(-c4ccc(N5CCC(F)C5)nc4F)sc3C2=O)ccn1. The third kappa shape index (κ3) is 3.26. The Balaban J connectivity index is 1.43. The van der Waals surface area contributed by atoms with Crippen LogP contribution in [0.25, 0.3) is 10.6 Å². The van der Waals surface area contributed by atoms with Crippen LogP contribution in [0.4, 0.5) is 26.1 Å². The number of halogens is 2. The van der Waals surface area contributed by atoms with Crippen molar-refractivity contribution in [3.05, 3.63) is 47.0 Å². The highest BCUT2D eigenvalue weighted by atomic mass is 32.1. The van der Waals surface area contributed by atoms with E-state index in [9.17, 15) is 13.6 Å². The van der Waals surface area contributed by atoms with Crippen molar-refractivity contribution in [2.75, 3.05) is 35.2 Å². The highest BCUT2D eigenvalue weighted by Gasteiger charge is 2.31. The molecule has 3 aromatic heterocycles. The Hall–Kier alpha value is -3.14. The van der Waals surface area contributed by atoms with E-state index in [4.69, 9.17) is 5.73 Å². The Bertz CT molecular complexity index is 1140. The molecule has 0 radical (unpaired) electrons. The quantitative estimate of drug-likeness (QED) is 0.645. The number of nitrogens with two attached hydrogens (primary N) is 1. The molecule has 1 amide bonds. The molecular weight excluding hydrogens is 410 g/mol. The molecule has 1 unspecified atom stereocenters. The van der Waals surface area contributed by atoms with Crippen LogP contribution in [0.3, 0.4) is 0 Å². The van der Waals surface area contributed by atoms with Crippen LogP contribution in [-0.2, 0) is 6.42 Å². The number of nitrogen functional groups attached to an aromatic ring is 1. The summed E-state index contributed by atoms with van der Waals surface area (Å²) >= 11 is 1.15. The molecule has 1 atom stereocenters. The van der Waals surface area contributed by atoms with Crippen molar-refractivity contribution in [3.63, 3.8) is 0 Å². The maximum atomic E-state index is 14.8. The van der Waals surface area contributed by atoms with Crippen molar-refractivity contribution in [2.45, 2.75) is 19.0 Å². The van der Waals surface area contributed by atoms with Crippen LogP contribution in [0, 0.1) is 5.95 Å². The Morgan fingerprint density at radius 2 is 2.07 bits per heavy atom. The van der Waals surface area contributed by atoms with Crippen LogP contribution in [0.5, 0.6) is 0 Å². The predicted octanol–water partition coefficient (Wildman–Crippen LogP) is 3.07. The van der Waals surface area contributed by atoms with Gasteiger partial charge in [0.15, 0.2) is 0 Å². The smallest absolute Gasteiger partial charge is 0.270 e. The first-order valence-corrected chi connectivity index (χ1v) is 10.4. The highest BCUT2D eigenvalue weighted by Crippen LogP contribution is 2.35. The molecule has 2 N–H and O–H groups in total. The number of aromatic nitrogens is 3. The minimum absolute atomic E-state index is 0.193. The summed E-state index contributed by atoms with van der Waals surface area (Å²) in [5.41, 5.74) is 7.30. The summed E-state index contributed by atoms with van der Waals surface area (Å²) in [5, 5.41) is 0.408. The minimum Gasteiger partial charge on any atom is -0.384 e. The second-order valence-electron chi connectivity index (χ2n) is 7.28. The summed E-state index contributed by atoms with van der Waals surface area (Å²) in [6.45, 7) is 1.20. The lowest BCUT2D eigenvalue weighted by atomic mass is 10.1. The molecule has 0 saturated carbocycles. The van der Waals surface area contributed by atoms with Gasteiger partial charge in [-0.05, 0) is 24.6 Å². The largest absolute Gasteiger partial charge is 0.384 e. The predicted molar refractivity (Wildman–Crippen MR) is 111 cm³/mol. The molecule has 154 valence electrons. The Morgan fingerprint density at radius 3 is 2.80 bits per heavy atom. The molecule has 0 bridgehead atoms. The van der Waals surface area contributed by atoms with E-state index < -0.39 is 12.1 Å². The topological polar surface area (TPSA) is 88.2 Å². The van der Waals surface area contributed by atoms with Crippen LogP contribution in [0.1, 0.15) is 21.8 Å². The average Bonchev–Trinajstić information content (AvgIpc) is 3.35. The molecule has 0 spiro atoms. The van der Waals surface area contributed by atoms with E-state index in [1.807, 2.05) is 0 Å². The molecule has 3 aromatic rings. The number of amides is 1. The number of carbonyl (C=O) groups excluding carboxylic acids is 1. The molecule has 1 fully saturated rings. The molecule has 2 aliphatic rings. The fraction of sp³-hybridized carbons (Fsp3) is 0.300. The molecule has 0 aromatic carbocycles. The maximum Gasteiger partial charge on any atom is 0.270 e. The van der Waals surface area contributed by atoms with Gasteiger partial charge in [0.05, 0.1) is 17.8 Å². The molecule has 10 heteroatoms. The number of hydrogen-bond acceptors (Lipinski definition) is 7. The first-order chi connectivity index (χ1) is 14.5. The first kappa shape index (κ1) is 18.9. The number of pyridine rings is 2. The molecule has 5 heterocycles. The van der Waals surface area contributed by atoms with Gasteiger partial charge in [0, 0.05) is 37.5 Å². The summed E-state index contributed by atoms with van der Waals surface area (Å²) in [6.07, 6.45) is 1.62. The van der Waals surface area contributed by atoms with Crippen molar-refractivity contribution in [2.24, 2.45) is 0 Å². The lowest BCUT2D eigenvalue weighted by molar-refractivity contribution is 0.0984. The number of alkyl halides is 1. The third-order valence-corrected chi connectivity index (χ3v) is 6.42. The second kappa shape index (κ2) is 7.28. The summed E-state index contributed by atoms with van der Waals surface area (Å²) in [7, 11) is 0. The summed E-state index contributed by atoms with van der Waals surface area (Å²) < 4.78 is 28.2. The van der Waals surface area contributed by atoms with Gasteiger partial charge in [0.1, 0.15) is 27.7 Å². The van der Waals surface area contributed by atoms with Crippen LogP contribution < -0.4 is 15.5 Å². The van der Waals surface area contributed by atoms with Gasteiger partial charge in [-0.3, -0.25) is 4.79 Å². The van der Waals surface area contributed by atoms with Gasteiger partial charge in [-0.2, -0.15) is 4.39 Å². The van der Waals surface area contributed by atoms with Crippen LogP contribution in [-0.4, -0.2) is 46.7 Å². The third-order valence-electron chi connectivity index (χ3n) is 5.30. The average molecular weight is 428 g/mol. The molecule has 1 saturated heterocycles. The Morgan fingerprint density at radius 1 is 1.20 bits per heavy atom. The van der Waals surface area contributed by atoms with Crippen LogP contribution >= 0.6 is 11.3 Å². The Labute approximate surface area is 175 Å². The number of hydrogen-bond donors (Lipinski definition) is 1. The van der Waals surface area contributed by atoms with Gasteiger partial charge >= 0.3 is 0 Å². The van der Waals surface area contributed by atoms with E-state index in [-0.39, 0.29) is 18.0 Å². The number of nitrogens with zero attached hydrogens (tertiary/aromatic N) is 5. The second-order valence-corrected chi connectivity index (χ2v) is 8.28.